The fraction of sp³-hybridized carbons (Fsp3) is 0.619. The van der Waals surface area contributed by atoms with Crippen molar-refractivity contribution >= 4 is 18.0 Å². The van der Waals surface area contributed by atoms with E-state index in [1.54, 1.807) is 0 Å². The molecule has 0 bridgehead atoms. The number of piperidine rings is 1. The molecule has 4 atom stereocenters. The van der Waals surface area contributed by atoms with Crippen molar-refractivity contribution in [1.82, 2.24) is 15.1 Å². The van der Waals surface area contributed by atoms with E-state index < -0.39 is 0 Å². The van der Waals surface area contributed by atoms with Crippen molar-refractivity contribution in [3.8, 4) is 0 Å². The third kappa shape index (κ3) is 3.00. The number of benzene rings is 1. The fourth-order valence-electron chi connectivity index (χ4n) is 5.46. The van der Waals surface area contributed by atoms with Crippen LogP contribution in [0.4, 0.5) is 10.5 Å². The zero-order valence-corrected chi connectivity index (χ0v) is 16.5. The number of hydrogen-bond acceptors (Lipinski definition) is 4. The highest BCUT2D eigenvalue weighted by Gasteiger charge is 2.45. The molecular weight excluding hydrogens is 340 g/mol. The monoisotopic (exact) mass is 370 g/mol. The molecule has 2 amide bonds. The summed E-state index contributed by atoms with van der Waals surface area (Å²) in [6.07, 6.45) is 3.02. The molecule has 3 aliphatic rings. The second kappa shape index (κ2) is 7.15. The molecule has 27 heavy (non-hydrogen) atoms. The molecule has 2 unspecified atom stereocenters. The Bertz CT molecular complexity index is 746. The molecule has 2 N–H and O–H groups in total. The maximum atomic E-state index is 12.6. The van der Waals surface area contributed by atoms with Crippen molar-refractivity contribution in [2.45, 2.75) is 50.6 Å². The van der Waals surface area contributed by atoms with Gasteiger partial charge in [0, 0.05) is 61.3 Å². The molecule has 1 aromatic rings. The molecule has 6 heteroatoms. The molecule has 4 rings (SSSR count). The minimum absolute atomic E-state index is 0.0149. The largest absolute Gasteiger partial charge is 0.384 e. The highest BCUT2D eigenvalue weighted by atomic mass is 16.2. The van der Waals surface area contributed by atoms with Gasteiger partial charge in [-0.05, 0) is 57.0 Å². The molecule has 1 aliphatic carbocycles. The average Bonchev–Trinajstić information content (AvgIpc) is 3.07. The summed E-state index contributed by atoms with van der Waals surface area (Å²) in [6.45, 7) is 7.26. The lowest BCUT2D eigenvalue weighted by atomic mass is 9.68. The van der Waals surface area contributed by atoms with Gasteiger partial charge in [0.2, 0.25) is 0 Å². The van der Waals surface area contributed by atoms with Crippen molar-refractivity contribution in [1.29, 1.82) is 0 Å². The standard InChI is InChI=1S/C21H30N4O2/c1-4-25(5-2)21(27)23-15-9-16-18(24(3)11-15)8-14-10-22-17-7-6-13(12-26)19(16)20(14)17/h6-7,12,14-16,18,22H,4-5,8-11H2,1-3H3,(H,23,27)/t14?,15-,16?,18+/m0/s1. The van der Waals surface area contributed by atoms with Crippen LogP contribution in [-0.2, 0) is 0 Å². The number of amides is 2. The van der Waals surface area contributed by atoms with E-state index >= 15 is 0 Å². The summed E-state index contributed by atoms with van der Waals surface area (Å²) in [5.74, 6) is 0.775. The van der Waals surface area contributed by atoms with E-state index in [0.29, 0.717) is 25.0 Å². The zero-order chi connectivity index (χ0) is 19.1. The Kier molecular flexibility index (Phi) is 4.84. The van der Waals surface area contributed by atoms with Crippen molar-refractivity contribution in [2.24, 2.45) is 0 Å². The number of rotatable bonds is 4. The summed E-state index contributed by atoms with van der Waals surface area (Å²) in [6, 6.07) is 4.55. The van der Waals surface area contributed by atoms with Crippen molar-refractivity contribution < 1.29 is 9.59 Å². The lowest BCUT2D eigenvalue weighted by Crippen LogP contribution is -2.56. The molecule has 1 saturated heterocycles. The number of anilines is 1. The van der Waals surface area contributed by atoms with Gasteiger partial charge < -0.3 is 20.4 Å². The van der Waals surface area contributed by atoms with E-state index in [0.717, 1.165) is 37.8 Å². The number of likely N-dealkylation sites (tertiary alicyclic amines) is 1. The minimum atomic E-state index is 0.0149. The topological polar surface area (TPSA) is 64.7 Å². The summed E-state index contributed by atoms with van der Waals surface area (Å²) in [4.78, 5) is 28.6. The minimum Gasteiger partial charge on any atom is -0.384 e. The number of likely N-dealkylation sites (N-methyl/N-ethyl adjacent to an activating group) is 1. The molecule has 1 aromatic carbocycles. The highest BCUT2D eigenvalue weighted by Crippen LogP contribution is 2.51. The van der Waals surface area contributed by atoms with Crippen molar-refractivity contribution in [2.75, 3.05) is 38.5 Å². The van der Waals surface area contributed by atoms with Gasteiger partial charge in [0.05, 0.1) is 0 Å². The van der Waals surface area contributed by atoms with Crippen LogP contribution in [0.5, 0.6) is 0 Å². The van der Waals surface area contributed by atoms with E-state index in [1.807, 2.05) is 24.8 Å². The number of carbonyl (C=O) groups excluding carboxylic acids is 2. The van der Waals surface area contributed by atoms with E-state index in [4.69, 9.17) is 0 Å². The average molecular weight is 370 g/mol. The molecule has 1 fully saturated rings. The normalized spacial score (nSPS) is 28.7. The van der Waals surface area contributed by atoms with Gasteiger partial charge in [-0.15, -0.1) is 0 Å². The number of hydrogen-bond donors (Lipinski definition) is 2. The van der Waals surface area contributed by atoms with E-state index in [1.165, 1.54) is 16.8 Å². The number of nitrogens with zero attached hydrogens (tertiary/aromatic N) is 2. The molecule has 0 radical (unpaired) electrons. The maximum absolute atomic E-state index is 12.6. The SMILES string of the molecule is CCN(CC)C(=O)N[C@H]1CC2c3c(C=O)ccc4c3C(CN4)C[C@H]2N(C)C1. The Hall–Kier alpha value is -2.08. The predicted molar refractivity (Wildman–Crippen MR) is 107 cm³/mol. The Morgan fingerprint density at radius 3 is 2.78 bits per heavy atom. The Morgan fingerprint density at radius 1 is 1.30 bits per heavy atom. The van der Waals surface area contributed by atoms with Crippen molar-refractivity contribution in [3.63, 3.8) is 0 Å². The number of aldehydes is 1. The van der Waals surface area contributed by atoms with E-state index in [2.05, 4.69) is 28.6 Å². The van der Waals surface area contributed by atoms with Crippen LogP contribution in [0.25, 0.3) is 0 Å². The van der Waals surface area contributed by atoms with Gasteiger partial charge in [-0.2, -0.15) is 0 Å². The van der Waals surface area contributed by atoms with Crippen LogP contribution in [0, 0.1) is 0 Å². The second-order valence-electron chi connectivity index (χ2n) is 8.13. The molecule has 2 aliphatic heterocycles. The maximum Gasteiger partial charge on any atom is 0.317 e. The van der Waals surface area contributed by atoms with Gasteiger partial charge >= 0.3 is 6.03 Å². The molecule has 146 valence electrons. The smallest absolute Gasteiger partial charge is 0.317 e. The molecule has 2 heterocycles. The van der Waals surface area contributed by atoms with Crippen LogP contribution >= 0.6 is 0 Å². The van der Waals surface area contributed by atoms with Gasteiger partial charge in [0.1, 0.15) is 6.29 Å². The van der Waals surface area contributed by atoms with Gasteiger partial charge in [-0.1, -0.05) is 0 Å². The molecule has 0 spiro atoms. The van der Waals surface area contributed by atoms with Crippen LogP contribution in [0.15, 0.2) is 12.1 Å². The molecule has 0 saturated carbocycles. The third-order valence-corrected chi connectivity index (χ3v) is 6.75. The van der Waals surface area contributed by atoms with E-state index in [-0.39, 0.29) is 18.0 Å². The van der Waals surface area contributed by atoms with Crippen LogP contribution < -0.4 is 10.6 Å². The first-order valence-electron chi connectivity index (χ1n) is 10.2. The lowest BCUT2D eigenvalue weighted by Gasteiger charge is -2.48. The summed E-state index contributed by atoms with van der Waals surface area (Å²) >= 11 is 0. The predicted octanol–water partition coefficient (Wildman–Crippen LogP) is 2.62. The summed E-state index contributed by atoms with van der Waals surface area (Å²) in [5, 5.41) is 6.76. The zero-order valence-electron chi connectivity index (χ0n) is 16.5. The number of fused-ring (bicyclic) bond motifs is 2. The fourth-order valence-corrected chi connectivity index (χ4v) is 5.46. The number of carbonyl (C=O) groups is 2. The quantitative estimate of drug-likeness (QED) is 0.800. The van der Waals surface area contributed by atoms with Gasteiger partial charge in [-0.3, -0.25) is 4.79 Å². The van der Waals surface area contributed by atoms with Gasteiger partial charge in [-0.25, -0.2) is 4.79 Å². The highest BCUT2D eigenvalue weighted by molar-refractivity contribution is 5.82. The molecular formula is C21H30N4O2. The number of urea groups is 1. The summed E-state index contributed by atoms with van der Waals surface area (Å²) in [5.41, 5.74) is 4.59. The Morgan fingerprint density at radius 2 is 2.07 bits per heavy atom. The first-order chi connectivity index (χ1) is 13.1. The molecule has 0 aromatic heterocycles. The van der Waals surface area contributed by atoms with Crippen LogP contribution in [-0.4, -0.2) is 67.4 Å². The molecule has 6 nitrogen and oxygen atoms in total. The van der Waals surface area contributed by atoms with Gasteiger partial charge in [0.25, 0.3) is 0 Å². The van der Waals surface area contributed by atoms with Crippen LogP contribution in [0.1, 0.15) is 60.0 Å². The van der Waals surface area contributed by atoms with E-state index in [9.17, 15) is 9.59 Å². The lowest BCUT2D eigenvalue weighted by molar-refractivity contribution is 0.105. The Balaban J connectivity index is 1.64. The Labute approximate surface area is 161 Å². The first kappa shape index (κ1) is 18.3. The van der Waals surface area contributed by atoms with Crippen LogP contribution in [0.2, 0.25) is 0 Å². The van der Waals surface area contributed by atoms with Crippen LogP contribution in [0.3, 0.4) is 0 Å². The first-order valence-corrected chi connectivity index (χ1v) is 10.2. The van der Waals surface area contributed by atoms with Gasteiger partial charge in [0.15, 0.2) is 0 Å². The van der Waals surface area contributed by atoms with Crippen molar-refractivity contribution in [3.05, 3.63) is 28.8 Å². The number of nitrogens with one attached hydrogen (secondary N) is 2. The second-order valence-corrected chi connectivity index (χ2v) is 8.13. The summed E-state index contributed by atoms with van der Waals surface area (Å²) in [7, 11) is 2.16. The third-order valence-electron chi connectivity index (χ3n) is 6.75. The summed E-state index contributed by atoms with van der Waals surface area (Å²) < 4.78 is 0.